The highest BCUT2D eigenvalue weighted by Gasteiger charge is 2.03. The normalized spacial score (nSPS) is 12.3. The van der Waals surface area contributed by atoms with Crippen LogP contribution in [0, 0.1) is 0 Å². The Bertz CT molecular complexity index is 597. The summed E-state index contributed by atoms with van der Waals surface area (Å²) in [4.78, 5) is 11.6. The van der Waals surface area contributed by atoms with E-state index in [1.54, 1.807) is 6.08 Å². The molecule has 21 heavy (non-hydrogen) atoms. The molecule has 0 fully saturated rings. The number of ether oxygens (including phenoxy) is 1. The van der Waals surface area contributed by atoms with Gasteiger partial charge in [0.25, 0.3) is 0 Å². The summed E-state index contributed by atoms with van der Waals surface area (Å²) in [7, 11) is 0. The van der Waals surface area contributed by atoms with Gasteiger partial charge in [-0.1, -0.05) is 61.5 Å². The molecule has 0 saturated heterocycles. The smallest absolute Gasteiger partial charge is 0.331 e. The largest absolute Gasteiger partial charge is 0.460 e. The van der Waals surface area contributed by atoms with Crippen molar-refractivity contribution in [1.29, 1.82) is 0 Å². The minimum absolute atomic E-state index is 0.0393. The van der Waals surface area contributed by atoms with Crippen LogP contribution in [0.3, 0.4) is 0 Å². The van der Waals surface area contributed by atoms with Gasteiger partial charge in [0.15, 0.2) is 0 Å². The minimum atomic E-state index is -0.295. The maximum Gasteiger partial charge on any atom is 0.331 e. The van der Waals surface area contributed by atoms with Crippen molar-refractivity contribution in [3.63, 3.8) is 0 Å². The van der Waals surface area contributed by atoms with Crippen molar-refractivity contribution in [2.75, 3.05) is 0 Å². The lowest BCUT2D eigenvalue weighted by atomic mass is 10.0. The van der Waals surface area contributed by atoms with E-state index in [0.717, 1.165) is 17.5 Å². The maximum atomic E-state index is 11.6. The van der Waals surface area contributed by atoms with Crippen molar-refractivity contribution in [2.24, 2.45) is 0 Å². The van der Waals surface area contributed by atoms with Gasteiger partial charge in [-0.25, -0.2) is 4.79 Å². The molecule has 1 unspecified atom stereocenters. The first-order chi connectivity index (χ1) is 10.2. The Hall–Kier alpha value is -2.35. The van der Waals surface area contributed by atoms with Crippen molar-refractivity contribution in [2.45, 2.75) is 26.4 Å². The molecule has 0 heterocycles. The van der Waals surface area contributed by atoms with Gasteiger partial charge in [0.2, 0.25) is 0 Å². The Balaban J connectivity index is 2.01. The lowest BCUT2D eigenvalue weighted by Crippen LogP contribution is -2.11. The second-order valence-electron chi connectivity index (χ2n) is 4.98. The Morgan fingerprint density at radius 1 is 1.05 bits per heavy atom. The Morgan fingerprint density at radius 3 is 2.29 bits per heavy atom. The monoisotopic (exact) mass is 280 g/mol. The fraction of sp³-hybridized carbons (Fsp3) is 0.211. The number of hydrogen-bond acceptors (Lipinski definition) is 2. The molecule has 0 radical (unpaired) electrons. The zero-order chi connectivity index (χ0) is 15.1. The summed E-state index contributed by atoms with van der Waals surface area (Å²) in [6.07, 6.45) is 4.04. The SMILES string of the molecule is CCC(C)OC(=O)C=Cc1ccc(-c2ccccc2)cc1. The number of rotatable bonds is 5. The lowest BCUT2D eigenvalue weighted by molar-refractivity contribution is -0.142. The summed E-state index contributed by atoms with van der Waals surface area (Å²) in [5, 5.41) is 0. The van der Waals surface area contributed by atoms with Crippen LogP contribution < -0.4 is 0 Å². The molecule has 108 valence electrons. The minimum Gasteiger partial charge on any atom is -0.460 e. The molecule has 0 N–H and O–H groups in total. The van der Waals surface area contributed by atoms with Crippen molar-refractivity contribution in [1.82, 2.24) is 0 Å². The molecule has 1 atom stereocenters. The van der Waals surface area contributed by atoms with Crippen LogP contribution in [0.4, 0.5) is 0 Å². The van der Waals surface area contributed by atoms with E-state index in [2.05, 4.69) is 24.3 Å². The second-order valence-corrected chi connectivity index (χ2v) is 4.98. The first-order valence-corrected chi connectivity index (χ1v) is 7.23. The summed E-state index contributed by atoms with van der Waals surface area (Å²) >= 11 is 0. The van der Waals surface area contributed by atoms with Crippen LogP contribution in [0.2, 0.25) is 0 Å². The van der Waals surface area contributed by atoms with E-state index in [0.29, 0.717) is 0 Å². The molecule has 0 saturated carbocycles. The Labute approximate surface area is 126 Å². The van der Waals surface area contributed by atoms with E-state index in [-0.39, 0.29) is 12.1 Å². The number of carbonyl (C=O) groups is 1. The van der Waals surface area contributed by atoms with Crippen molar-refractivity contribution in [3.05, 3.63) is 66.2 Å². The maximum absolute atomic E-state index is 11.6. The zero-order valence-electron chi connectivity index (χ0n) is 12.5. The van der Waals surface area contributed by atoms with Gasteiger partial charge >= 0.3 is 5.97 Å². The van der Waals surface area contributed by atoms with Gasteiger partial charge in [-0.15, -0.1) is 0 Å². The second kappa shape index (κ2) is 7.44. The highest BCUT2D eigenvalue weighted by atomic mass is 16.5. The molecule has 0 aliphatic carbocycles. The topological polar surface area (TPSA) is 26.3 Å². The molecule has 2 heteroatoms. The van der Waals surface area contributed by atoms with E-state index in [1.165, 1.54) is 11.6 Å². The van der Waals surface area contributed by atoms with Crippen molar-refractivity contribution >= 4 is 12.0 Å². The molecule has 2 aromatic rings. The van der Waals surface area contributed by atoms with E-state index in [4.69, 9.17) is 4.74 Å². The van der Waals surface area contributed by atoms with Crippen LogP contribution >= 0.6 is 0 Å². The van der Waals surface area contributed by atoms with Gasteiger partial charge in [-0.05, 0) is 36.1 Å². The number of benzene rings is 2. The molecule has 0 aromatic heterocycles. The predicted octanol–water partition coefficient (Wildman–Crippen LogP) is 4.71. The van der Waals surface area contributed by atoms with Crippen LogP contribution in [-0.2, 0) is 9.53 Å². The molecule has 2 nitrogen and oxygen atoms in total. The zero-order valence-corrected chi connectivity index (χ0v) is 12.5. The number of carbonyl (C=O) groups excluding carboxylic acids is 1. The fourth-order valence-electron chi connectivity index (χ4n) is 1.90. The van der Waals surface area contributed by atoms with Crippen LogP contribution in [0.25, 0.3) is 17.2 Å². The van der Waals surface area contributed by atoms with Gasteiger partial charge in [-0.3, -0.25) is 0 Å². The van der Waals surface area contributed by atoms with Crippen LogP contribution in [0.5, 0.6) is 0 Å². The molecule has 0 aliphatic heterocycles. The first-order valence-electron chi connectivity index (χ1n) is 7.23. The average Bonchev–Trinajstić information content (AvgIpc) is 2.54. The fourth-order valence-corrected chi connectivity index (χ4v) is 1.90. The molecule has 2 aromatic carbocycles. The molecule has 0 spiro atoms. The van der Waals surface area contributed by atoms with Crippen LogP contribution in [-0.4, -0.2) is 12.1 Å². The highest BCUT2D eigenvalue weighted by molar-refractivity contribution is 5.87. The summed E-state index contributed by atoms with van der Waals surface area (Å²) in [5.41, 5.74) is 3.33. The Morgan fingerprint density at radius 2 is 1.67 bits per heavy atom. The quantitative estimate of drug-likeness (QED) is 0.585. The molecule has 2 rings (SSSR count). The molecule has 0 aliphatic rings. The average molecular weight is 280 g/mol. The number of esters is 1. The van der Waals surface area contributed by atoms with Gasteiger partial charge in [0, 0.05) is 6.08 Å². The van der Waals surface area contributed by atoms with Crippen molar-refractivity contribution < 1.29 is 9.53 Å². The van der Waals surface area contributed by atoms with E-state index < -0.39 is 0 Å². The number of hydrogen-bond donors (Lipinski definition) is 0. The molecular weight excluding hydrogens is 260 g/mol. The summed E-state index contributed by atoms with van der Waals surface area (Å²) in [5.74, 6) is -0.295. The van der Waals surface area contributed by atoms with Crippen LogP contribution in [0.1, 0.15) is 25.8 Å². The van der Waals surface area contributed by atoms with E-state index >= 15 is 0 Å². The van der Waals surface area contributed by atoms with Gasteiger partial charge in [-0.2, -0.15) is 0 Å². The van der Waals surface area contributed by atoms with Crippen LogP contribution in [0.15, 0.2) is 60.7 Å². The van der Waals surface area contributed by atoms with Crippen molar-refractivity contribution in [3.8, 4) is 11.1 Å². The highest BCUT2D eigenvalue weighted by Crippen LogP contribution is 2.19. The van der Waals surface area contributed by atoms with E-state index in [9.17, 15) is 4.79 Å². The lowest BCUT2D eigenvalue weighted by Gasteiger charge is -2.07. The van der Waals surface area contributed by atoms with Gasteiger partial charge in [0.1, 0.15) is 0 Å². The van der Waals surface area contributed by atoms with Gasteiger partial charge in [0.05, 0.1) is 6.10 Å². The molecule has 0 amide bonds. The third-order valence-electron chi connectivity index (χ3n) is 3.32. The summed E-state index contributed by atoms with van der Waals surface area (Å²) in [6.45, 7) is 3.88. The summed E-state index contributed by atoms with van der Waals surface area (Å²) < 4.78 is 5.19. The predicted molar refractivity (Wildman–Crippen MR) is 86.8 cm³/mol. The molecular formula is C19H20O2. The van der Waals surface area contributed by atoms with E-state index in [1.807, 2.05) is 44.2 Å². The molecule has 0 bridgehead atoms. The first kappa shape index (κ1) is 15.0. The third-order valence-corrected chi connectivity index (χ3v) is 3.32. The standard InChI is InChI=1S/C19H20O2/c1-3-15(2)21-19(20)14-11-16-9-12-18(13-10-16)17-7-5-4-6-8-17/h4-15H,3H2,1-2H3. The van der Waals surface area contributed by atoms with Gasteiger partial charge < -0.3 is 4.74 Å². The summed E-state index contributed by atoms with van der Waals surface area (Å²) in [6, 6.07) is 18.3. The third kappa shape index (κ3) is 4.60. The Kier molecular flexibility index (Phi) is 5.33.